The minimum atomic E-state index is -0.306. The number of H-pyrrole nitrogens is 1. The first kappa shape index (κ1) is 17.8. The van der Waals surface area contributed by atoms with Gasteiger partial charge in [-0.2, -0.15) is 0 Å². The molecule has 0 spiro atoms. The highest BCUT2D eigenvalue weighted by Crippen LogP contribution is 2.20. The zero-order valence-corrected chi connectivity index (χ0v) is 16.2. The molecule has 2 aromatic heterocycles. The molecule has 8 heteroatoms. The van der Waals surface area contributed by atoms with E-state index in [1.54, 1.807) is 31.8 Å². The van der Waals surface area contributed by atoms with Gasteiger partial charge in [0.1, 0.15) is 0 Å². The van der Waals surface area contributed by atoms with E-state index < -0.39 is 0 Å². The predicted octanol–water partition coefficient (Wildman–Crippen LogP) is 2.85. The smallest absolute Gasteiger partial charge is 0.274 e. The number of carbonyl (C=O) groups excluding carboxylic acids is 1. The molecule has 0 aliphatic rings. The molecule has 0 saturated heterocycles. The van der Waals surface area contributed by atoms with Crippen LogP contribution in [0.3, 0.4) is 0 Å². The molecule has 0 aliphatic carbocycles. The fraction of sp³-hybridized carbons (Fsp3) is 0.235. The first-order valence-corrected chi connectivity index (χ1v) is 9.46. The Morgan fingerprint density at radius 2 is 2.08 bits per heavy atom. The van der Waals surface area contributed by atoms with E-state index in [2.05, 4.69) is 31.3 Å². The maximum atomic E-state index is 12.5. The van der Waals surface area contributed by atoms with Gasteiger partial charge in [0.05, 0.1) is 10.9 Å². The molecule has 0 saturated carbocycles. The highest BCUT2D eigenvalue weighted by Gasteiger charge is 2.17. The summed E-state index contributed by atoms with van der Waals surface area (Å²) in [5.74, 6) is 0.481. The quantitative estimate of drug-likeness (QED) is 0.491. The molecule has 3 aromatic rings. The zero-order valence-electron chi connectivity index (χ0n) is 13.8. The molecule has 6 nitrogen and oxygen atoms in total. The van der Waals surface area contributed by atoms with Crippen molar-refractivity contribution in [2.24, 2.45) is 7.05 Å². The van der Waals surface area contributed by atoms with Crippen LogP contribution in [-0.2, 0) is 7.05 Å². The van der Waals surface area contributed by atoms with Gasteiger partial charge in [-0.05, 0) is 37.3 Å². The Morgan fingerprint density at radius 3 is 2.80 bits per heavy atom. The van der Waals surface area contributed by atoms with E-state index in [9.17, 15) is 9.59 Å². The van der Waals surface area contributed by atoms with Crippen molar-refractivity contribution >= 4 is 44.6 Å². The number of hydrogen-bond acceptors (Lipinski definition) is 4. The van der Waals surface area contributed by atoms with Crippen LogP contribution >= 0.6 is 27.7 Å². The van der Waals surface area contributed by atoms with Crippen LogP contribution in [-0.4, -0.2) is 33.0 Å². The van der Waals surface area contributed by atoms with Crippen LogP contribution < -0.4 is 10.9 Å². The maximum Gasteiger partial charge on any atom is 0.274 e. The minimum absolute atomic E-state index is 0.261. The highest BCUT2D eigenvalue weighted by atomic mass is 79.9. The van der Waals surface area contributed by atoms with Gasteiger partial charge in [0.2, 0.25) is 0 Å². The Bertz CT molecular complexity index is 979. The van der Waals surface area contributed by atoms with E-state index in [0.29, 0.717) is 28.8 Å². The molecule has 1 amide bonds. The third-order valence-electron chi connectivity index (χ3n) is 3.66. The predicted molar refractivity (Wildman–Crippen MR) is 103 cm³/mol. The Balaban J connectivity index is 1.68. The van der Waals surface area contributed by atoms with E-state index in [1.807, 2.05) is 24.3 Å². The van der Waals surface area contributed by atoms with Gasteiger partial charge >= 0.3 is 0 Å². The number of thioether (sulfide) groups is 1. The highest BCUT2D eigenvalue weighted by molar-refractivity contribution is 9.10. The van der Waals surface area contributed by atoms with Crippen LogP contribution in [0.2, 0.25) is 0 Å². The molecule has 1 aromatic carbocycles. The van der Waals surface area contributed by atoms with Crippen LogP contribution in [0.15, 0.2) is 44.5 Å². The number of hydrogen-bond donors (Lipinski definition) is 2. The van der Waals surface area contributed by atoms with Crippen LogP contribution in [0.1, 0.15) is 16.1 Å². The molecule has 3 rings (SSSR count). The molecule has 0 aliphatic heterocycles. The Hall–Kier alpha value is -2.06. The third kappa shape index (κ3) is 3.96. The zero-order chi connectivity index (χ0) is 18.0. The lowest BCUT2D eigenvalue weighted by Gasteiger charge is -2.07. The first-order valence-electron chi connectivity index (χ1n) is 7.68. The number of aromatic nitrogens is 3. The van der Waals surface area contributed by atoms with E-state index in [0.717, 1.165) is 15.1 Å². The average Bonchev–Trinajstić information content (AvgIpc) is 2.86. The summed E-state index contributed by atoms with van der Waals surface area (Å²) in [4.78, 5) is 30.1. The monoisotopic (exact) mass is 420 g/mol. The normalized spacial score (nSPS) is 11.0. The lowest BCUT2D eigenvalue weighted by molar-refractivity contribution is 0.0957. The number of carbonyl (C=O) groups is 1. The van der Waals surface area contributed by atoms with Gasteiger partial charge in [-0.15, -0.1) is 11.8 Å². The summed E-state index contributed by atoms with van der Waals surface area (Å²) in [5.41, 5.74) is 1.23. The summed E-state index contributed by atoms with van der Waals surface area (Å²) in [7, 11) is 1.70. The van der Waals surface area contributed by atoms with Crippen molar-refractivity contribution < 1.29 is 4.79 Å². The average molecular weight is 421 g/mol. The van der Waals surface area contributed by atoms with Crippen molar-refractivity contribution in [2.45, 2.75) is 11.8 Å². The second kappa shape index (κ2) is 7.45. The molecular formula is C17H17BrN4O2S. The fourth-order valence-electron chi connectivity index (χ4n) is 2.52. The topological polar surface area (TPSA) is 79.8 Å². The maximum absolute atomic E-state index is 12.5. The number of pyridine rings is 1. The summed E-state index contributed by atoms with van der Waals surface area (Å²) < 4.78 is 2.57. The Kier molecular flexibility index (Phi) is 5.29. The van der Waals surface area contributed by atoms with E-state index in [-0.39, 0.29) is 11.5 Å². The van der Waals surface area contributed by atoms with Crippen molar-refractivity contribution in [3.8, 4) is 0 Å². The summed E-state index contributed by atoms with van der Waals surface area (Å²) in [6.45, 7) is 2.31. The van der Waals surface area contributed by atoms with Crippen molar-refractivity contribution in [1.82, 2.24) is 20.1 Å². The third-order valence-corrected chi connectivity index (χ3v) is 5.20. The number of aromatic amines is 1. The lowest BCUT2D eigenvalue weighted by atomic mass is 10.1. The van der Waals surface area contributed by atoms with E-state index in [1.165, 1.54) is 4.68 Å². The molecule has 130 valence electrons. The SMILES string of the molecule is Cc1cc(C(=O)NCCSc2ccc(Br)cc2)c2c(=O)[nH]n(C)c2n1. The lowest BCUT2D eigenvalue weighted by Crippen LogP contribution is -2.27. The van der Waals surface area contributed by atoms with Crippen LogP contribution in [0.5, 0.6) is 0 Å². The molecule has 0 fully saturated rings. The summed E-state index contributed by atoms with van der Waals surface area (Å²) in [5, 5.41) is 5.84. The molecule has 25 heavy (non-hydrogen) atoms. The van der Waals surface area contributed by atoms with E-state index >= 15 is 0 Å². The second-order valence-corrected chi connectivity index (χ2v) is 7.65. The number of nitrogens with one attached hydrogen (secondary N) is 2. The second-order valence-electron chi connectivity index (χ2n) is 5.57. The number of halogens is 1. The van der Waals surface area contributed by atoms with Crippen LogP contribution in [0, 0.1) is 6.92 Å². The molecule has 2 heterocycles. The Labute approximate surface area is 157 Å². The van der Waals surface area contributed by atoms with Gasteiger partial charge in [0.25, 0.3) is 11.5 Å². The van der Waals surface area contributed by atoms with Crippen molar-refractivity contribution in [1.29, 1.82) is 0 Å². The fourth-order valence-corrected chi connectivity index (χ4v) is 3.56. The number of aryl methyl sites for hydroxylation is 2. The number of fused-ring (bicyclic) bond motifs is 1. The molecule has 0 atom stereocenters. The number of benzene rings is 1. The van der Waals surface area contributed by atoms with Crippen molar-refractivity contribution in [3.63, 3.8) is 0 Å². The van der Waals surface area contributed by atoms with Gasteiger partial charge in [-0.1, -0.05) is 15.9 Å². The summed E-state index contributed by atoms with van der Waals surface area (Å²) in [6, 6.07) is 9.67. The van der Waals surface area contributed by atoms with Gasteiger partial charge in [0, 0.05) is 34.4 Å². The Morgan fingerprint density at radius 1 is 1.36 bits per heavy atom. The van der Waals surface area contributed by atoms with Crippen LogP contribution in [0.25, 0.3) is 11.0 Å². The first-order chi connectivity index (χ1) is 12.0. The van der Waals surface area contributed by atoms with Gasteiger partial charge in [0.15, 0.2) is 5.65 Å². The van der Waals surface area contributed by atoms with Gasteiger partial charge < -0.3 is 5.32 Å². The van der Waals surface area contributed by atoms with Crippen molar-refractivity contribution in [2.75, 3.05) is 12.3 Å². The standard InChI is InChI=1S/C17H17BrN4O2S/c1-10-9-13(14-15(20-10)22(2)21-17(14)24)16(23)19-7-8-25-12-5-3-11(18)4-6-12/h3-6,9H,7-8H2,1-2H3,(H,19,23)(H,21,24). The van der Waals surface area contributed by atoms with Crippen molar-refractivity contribution in [3.05, 3.63) is 56.4 Å². The molecular weight excluding hydrogens is 404 g/mol. The molecule has 0 radical (unpaired) electrons. The van der Waals surface area contributed by atoms with Crippen LogP contribution in [0.4, 0.5) is 0 Å². The van der Waals surface area contributed by atoms with Gasteiger partial charge in [-0.25, -0.2) is 4.98 Å². The molecule has 2 N–H and O–H groups in total. The van der Waals surface area contributed by atoms with Gasteiger partial charge in [-0.3, -0.25) is 19.4 Å². The summed E-state index contributed by atoms with van der Waals surface area (Å²) in [6.07, 6.45) is 0. The number of rotatable bonds is 5. The number of nitrogens with zero attached hydrogens (tertiary/aromatic N) is 2. The van der Waals surface area contributed by atoms with E-state index in [4.69, 9.17) is 0 Å². The summed E-state index contributed by atoms with van der Waals surface area (Å²) >= 11 is 5.06. The largest absolute Gasteiger partial charge is 0.351 e. The number of amides is 1. The molecule has 0 bridgehead atoms. The minimum Gasteiger partial charge on any atom is -0.351 e. The molecule has 0 unspecified atom stereocenters.